The van der Waals surface area contributed by atoms with E-state index in [1.54, 1.807) is 11.5 Å². The summed E-state index contributed by atoms with van der Waals surface area (Å²) in [4.78, 5) is 0. The summed E-state index contributed by atoms with van der Waals surface area (Å²) in [6, 6.07) is 0.674. The molecule has 0 bridgehead atoms. The topological polar surface area (TPSA) is 16.8 Å². The molecule has 1 saturated carbocycles. The van der Waals surface area contributed by atoms with Gasteiger partial charge in [-0.3, -0.25) is 0 Å². The van der Waals surface area contributed by atoms with Crippen molar-refractivity contribution in [1.29, 1.82) is 0 Å². The maximum absolute atomic E-state index is 4.21. The summed E-state index contributed by atoms with van der Waals surface area (Å²) in [5.41, 5.74) is 0.502. The molecule has 1 heterocycles. The fourth-order valence-electron chi connectivity index (χ4n) is 1.18. The van der Waals surface area contributed by atoms with Crippen LogP contribution in [0.15, 0.2) is 11.6 Å². The Labute approximate surface area is 64.6 Å². The Hall–Kier alpha value is -0.440. The Morgan fingerprint density at radius 1 is 1.70 bits per heavy atom. The molecule has 1 aromatic rings. The van der Waals surface area contributed by atoms with Gasteiger partial charge in [0.25, 0.3) is 0 Å². The van der Waals surface area contributed by atoms with Gasteiger partial charge in [0.05, 0.1) is 5.38 Å². The first kappa shape index (κ1) is 6.28. The molecule has 0 N–H and O–H groups in total. The average Bonchev–Trinajstić information content (AvgIpc) is 2.31. The highest BCUT2D eigenvalue weighted by molar-refractivity contribution is 6.99. The third-order valence-electron chi connectivity index (χ3n) is 2.14. The van der Waals surface area contributed by atoms with E-state index in [-0.39, 0.29) is 0 Å². The third kappa shape index (κ3) is 0.850. The van der Waals surface area contributed by atoms with Crippen LogP contribution < -0.4 is 4.07 Å². The lowest BCUT2D eigenvalue weighted by atomic mass is 10.2. The highest BCUT2D eigenvalue weighted by atomic mass is 32.1. The van der Waals surface area contributed by atoms with Gasteiger partial charge in [-0.1, -0.05) is 13.8 Å². The van der Waals surface area contributed by atoms with Crippen LogP contribution in [0.25, 0.3) is 0 Å². The van der Waals surface area contributed by atoms with Crippen molar-refractivity contribution in [2.45, 2.75) is 26.3 Å². The predicted molar refractivity (Wildman–Crippen MR) is 39.7 cm³/mol. The van der Waals surface area contributed by atoms with Gasteiger partial charge in [-0.25, -0.2) is 0 Å². The smallest absolute Gasteiger partial charge is 0.0531 e. The lowest BCUT2D eigenvalue weighted by Crippen LogP contribution is -2.32. The Morgan fingerprint density at radius 3 is 2.80 bits per heavy atom. The van der Waals surface area contributed by atoms with Gasteiger partial charge in [-0.05, 0) is 4.07 Å². The number of nitrogens with zero attached hydrogens (tertiary/aromatic N) is 2. The minimum atomic E-state index is 0.502. The highest BCUT2D eigenvalue weighted by Crippen LogP contribution is 2.51. The van der Waals surface area contributed by atoms with Crippen molar-refractivity contribution in [3.63, 3.8) is 0 Å². The second-order valence-corrected chi connectivity index (χ2v) is 4.37. The summed E-state index contributed by atoms with van der Waals surface area (Å²) in [5, 5.41) is 6.23. The molecule has 10 heavy (non-hydrogen) atoms. The molecule has 0 aliphatic heterocycles. The monoisotopic (exact) mass is 155 g/mol. The van der Waals surface area contributed by atoms with Crippen LogP contribution in [-0.2, 0) is 0 Å². The molecule has 2 nitrogen and oxygen atoms in total. The van der Waals surface area contributed by atoms with Crippen molar-refractivity contribution in [3.05, 3.63) is 11.6 Å². The predicted octanol–water partition coefficient (Wildman–Crippen LogP) is 1.40. The lowest BCUT2D eigenvalue weighted by molar-refractivity contribution is -0.697. The van der Waals surface area contributed by atoms with Crippen LogP contribution in [0.4, 0.5) is 0 Å². The lowest BCUT2D eigenvalue weighted by Gasteiger charge is -1.90. The van der Waals surface area contributed by atoms with Crippen LogP contribution >= 0.6 is 11.5 Å². The first-order chi connectivity index (χ1) is 4.70. The van der Waals surface area contributed by atoms with Gasteiger partial charge in [-0.15, -0.1) is 0 Å². The SMILES string of the molecule is CC1(C)CC1[n+]1nccs1. The fourth-order valence-corrected chi connectivity index (χ4v) is 2.03. The maximum atomic E-state index is 4.21. The molecule has 0 saturated heterocycles. The van der Waals surface area contributed by atoms with Crippen molar-refractivity contribution in [3.8, 4) is 0 Å². The van der Waals surface area contributed by atoms with E-state index in [4.69, 9.17) is 0 Å². The summed E-state index contributed by atoms with van der Waals surface area (Å²) in [6.07, 6.45) is 3.14. The zero-order valence-corrected chi connectivity index (χ0v) is 7.06. The molecule has 1 unspecified atom stereocenters. The van der Waals surface area contributed by atoms with Crippen LogP contribution in [0.1, 0.15) is 26.3 Å². The second kappa shape index (κ2) is 1.78. The first-order valence-corrected chi connectivity index (χ1v) is 4.36. The van der Waals surface area contributed by atoms with Gasteiger partial charge >= 0.3 is 0 Å². The molecular weight excluding hydrogens is 144 g/mol. The van der Waals surface area contributed by atoms with E-state index in [9.17, 15) is 0 Å². The summed E-state index contributed by atoms with van der Waals surface area (Å²) in [5.74, 6) is 0. The van der Waals surface area contributed by atoms with Crippen molar-refractivity contribution in [1.82, 2.24) is 5.10 Å². The molecule has 54 valence electrons. The largest absolute Gasteiger partial charge is 0.204 e. The summed E-state index contributed by atoms with van der Waals surface area (Å²) < 4.78 is 2.10. The maximum Gasteiger partial charge on any atom is 0.204 e. The molecule has 1 atom stereocenters. The molecule has 1 aliphatic rings. The third-order valence-corrected chi connectivity index (χ3v) is 2.95. The molecule has 1 aliphatic carbocycles. The van der Waals surface area contributed by atoms with E-state index in [1.165, 1.54) is 6.42 Å². The molecule has 1 fully saturated rings. The van der Waals surface area contributed by atoms with Crippen molar-refractivity contribution in [2.24, 2.45) is 5.41 Å². The molecule has 0 radical (unpaired) electrons. The number of hydrogen-bond donors (Lipinski definition) is 0. The van der Waals surface area contributed by atoms with Crippen LogP contribution in [0.5, 0.6) is 0 Å². The molecule has 3 heteroatoms. The van der Waals surface area contributed by atoms with E-state index in [0.717, 1.165) is 0 Å². The van der Waals surface area contributed by atoms with Gasteiger partial charge in [0.1, 0.15) is 6.20 Å². The molecule has 0 spiro atoms. The van der Waals surface area contributed by atoms with E-state index < -0.39 is 0 Å². The average molecular weight is 155 g/mol. The van der Waals surface area contributed by atoms with Gasteiger partial charge in [0.2, 0.25) is 6.04 Å². The Kier molecular flexibility index (Phi) is 1.12. The van der Waals surface area contributed by atoms with Gasteiger partial charge in [-0.2, -0.15) is 0 Å². The van der Waals surface area contributed by atoms with Crippen LogP contribution in [0, 0.1) is 5.41 Å². The van der Waals surface area contributed by atoms with Crippen LogP contribution in [0.3, 0.4) is 0 Å². The molecule has 0 aromatic carbocycles. The van der Waals surface area contributed by atoms with E-state index in [1.807, 2.05) is 11.6 Å². The quantitative estimate of drug-likeness (QED) is 0.560. The van der Waals surface area contributed by atoms with Gasteiger partial charge in [0, 0.05) is 16.9 Å². The van der Waals surface area contributed by atoms with Crippen molar-refractivity contribution < 1.29 is 4.07 Å². The first-order valence-electron chi connectivity index (χ1n) is 3.52. The molecule has 1 aromatic heterocycles. The minimum absolute atomic E-state index is 0.502. The fraction of sp³-hybridized carbons (Fsp3) is 0.714. The van der Waals surface area contributed by atoms with Crippen LogP contribution in [0.2, 0.25) is 0 Å². The molecular formula is C7H11N2S+. The summed E-state index contributed by atoms with van der Waals surface area (Å²) in [7, 11) is 0. The number of hydrogen-bond acceptors (Lipinski definition) is 2. The van der Waals surface area contributed by atoms with E-state index in [0.29, 0.717) is 11.5 Å². The number of rotatable bonds is 1. The zero-order chi connectivity index (χ0) is 7.19. The minimum Gasteiger partial charge on any atom is -0.0531 e. The van der Waals surface area contributed by atoms with Crippen molar-refractivity contribution >= 4 is 11.5 Å². The Balaban J connectivity index is 2.19. The second-order valence-electron chi connectivity index (χ2n) is 3.52. The summed E-state index contributed by atoms with van der Waals surface area (Å²) in [6.45, 7) is 4.57. The van der Waals surface area contributed by atoms with E-state index >= 15 is 0 Å². The summed E-state index contributed by atoms with van der Waals surface area (Å²) >= 11 is 1.70. The highest BCUT2D eigenvalue weighted by Gasteiger charge is 2.56. The Bertz CT molecular complexity index is 228. The normalized spacial score (nSPS) is 28.4. The standard InChI is InChI=1S/C7H11N2S/c1-7(2)5-6(7)9-8-3-4-10-9/h3-4,6H,5H2,1-2H3/q+1. The number of aromatic nitrogens is 2. The van der Waals surface area contributed by atoms with Gasteiger partial charge < -0.3 is 0 Å². The Morgan fingerprint density at radius 2 is 2.40 bits per heavy atom. The van der Waals surface area contributed by atoms with Crippen LogP contribution in [-0.4, -0.2) is 5.10 Å². The zero-order valence-electron chi connectivity index (χ0n) is 6.24. The van der Waals surface area contributed by atoms with E-state index in [2.05, 4.69) is 23.0 Å². The van der Waals surface area contributed by atoms with Crippen molar-refractivity contribution in [2.75, 3.05) is 0 Å². The molecule has 0 amide bonds. The molecule has 2 rings (SSSR count). The van der Waals surface area contributed by atoms with Gasteiger partial charge in [0.15, 0.2) is 11.5 Å².